The number of carbonyl (C=O) groups is 1. The van der Waals surface area contributed by atoms with E-state index in [0.717, 1.165) is 28.2 Å². The number of rotatable bonds is 4. The van der Waals surface area contributed by atoms with Crippen molar-refractivity contribution in [3.8, 4) is 28.2 Å². The van der Waals surface area contributed by atoms with Crippen LogP contribution in [0.25, 0.3) is 39.1 Å². The van der Waals surface area contributed by atoms with Crippen molar-refractivity contribution in [2.45, 2.75) is 0 Å². The van der Waals surface area contributed by atoms with E-state index in [1.165, 1.54) is 6.20 Å². The zero-order chi connectivity index (χ0) is 22.2. The molecule has 0 unspecified atom stereocenters. The van der Waals surface area contributed by atoms with Gasteiger partial charge in [0.1, 0.15) is 5.56 Å². The molecule has 0 fully saturated rings. The van der Waals surface area contributed by atoms with Gasteiger partial charge < -0.3 is 10.3 Å². The number of para-hydroxylation sites is 2. The number of hydrogen-bond donors (Lipinski definition) is 2. The number of nitrogens with two attached hydrogens (primary N) is 1. The number of aromatic nitrogens is 3. The van der Waals surface area contributed by atoms with Crippen LogP contribution in [0.1, 0.15) is 10.4 Å². The topological polar surface area (TPSA) is 93.8 Å². The zero-order valence-electron chi connectivity index (χ0n) is 16.7. The van der Waals surface area contributed by atoms with Gasteiger partial charge in [0.15, 0.2) is 0 Å². The molecule has 0 atom stereocenters. The molecule has 1 amide bonds. The second kappa shape index (κ2) is 7.83. The lowest BCUT2D eigenvalue weighted by atomic mass is 10.1. The fourth-order valence-electron chi connectivity index (χ4n) is 3.79. The highest BCUT2D eigenvalue weighted by Gasteiger charge is 2.17. The summed E-state index contributed by atoms with van der Waals surface area (Å²) in [7, 11) is 0. The molecule has 3 N–H and O–H groups in total. The summed E-state index contributed by atoms with van der Waals surface area (Å²) in [6.45, 7) is 0. The maximum absolute atomic E-state index is 12.8. The van der Waals surface area contributed by atoms with Crippen molar-refractivity contribution in [1.82, 2.24) is 14.8 Å². The van der Waals surface area contributed by atoms with E-state index in [9.17, 15) is 9.59 Å². The minimum Gasteiger partial charge on any atom is -0.365 e. The molecule has 2 aromatic heterocycles. The van der Waals surface area contributed by atoms with Crippen LogP contribution < -0.4 is 11.2 Å². The summed E-state index contributed by atoms with van der Waals surface area (Å²) >= 11 is 6.00. The molecule has 32 heavy (non-hydrogen) atoms. The van der Waals surface area contributed by atoms with E-state index < -0.39 is 5.91 Å². The predicted molar refractivity (Wildman–Crippen MR) is 126 cm³/mol. The summed E-state index contributed by atoms with van der Waals surface area (Å²) in [4.78, 5) is 24.7. The largest absolute Gasteiger partial charge is 0.365 e. The highest BCUT2D eigenvalue weighted by molar-refractivity contribution is 6.30. The molecule has 0 aliphatic carbocycles. The number of amides is 1. The van der Waals surface area contributed by atoms with Gasteiger partial charge >= 0.3 is 0 Å². The molecule has 6 nitrogen and oxygen atoms in total. The van der Waals surface area contributed by atoms with Crippen molar-refractivity contribution in [1.29, 1.82) is 0 Å². The van der Waals surface area contributed by atoms with Crippen LogP contribution in [-0.4, -0.2) is 20.7 Å². The van der Waals surface area contributed by atoms with Gasteiger partial charge in [0.25, 0.3) is 5.91 Å². The van der Waals surface area contributed by atoms with Gasteiger partial charge in [-0.2, -0.15) is 5.10 Å². The molecule has 3 aromatic carbocycles. The molecule has 0 spiro atoms. The van der Waals surface area contributed by atoms with E-state index in [0.29, 0.717) is 15.9 Å². The third kappa shape index (κ3) is 3.36. The molecule has 0 aliphatic heterocycles. The summed E-state index contributed by atoms with van der Waals surface area (Å²) in [5.41, 5.74) is 9.84. The molecule has 5 rings (SSSR count). The number of nitrogens with zero attached hydrogens (tertiary/aromatic N) is 2. The number of pyridine rings is 1. The Morgan fingerprint density at radius 1 is 0.969 bits per heavy atom. The molecule has 0 saturated carbocycles. The fraction of sp³-hybridized carbons (Fsp3) is 0. The van der Waals surface area contributed by atoms with Crippen molar-refractivity contribution in [3.63, 3.8) is 0 Å². The minimum absolute atomic E-state index is 0.0648. The highest BCUT2D eigenvalue weighted by Crippen LogP contribution is 2.30. The third-order valence-corrected chi connectivity index (χ3v) is 5.60. The Morgan fingerprint density at radius 2 is 1.69 bits per heavy atom. The molecule has 0 aliphatic rings. The predicted octanol–water partition coefficient (Wildman–Crippen LogP) is 4.80. The lowest BCUT2D eigenvalue weighted by molar-refractivity contribution is 0.0999. The Morgan fingerprint density at radius 3 is 2.47 bits per heavy atom. The number of halogens is 1. The number of hydrogen-bond acceptors (Lipinski definition) is 3. The first kappa shape index (κ1) is 19.8. The van der Waals surface area contributed by atoms with Crippen LogP contribution in [0, 0.1) is 0 Å². The molecule has 7 heteroatoms. The van der Waals surface area contributed by atoms with Gasteiger partial charge in [0.05, 0.1) is 22.6 Å². The first-order valence-electron chi connectivity index (χ1n) is 9.88. The molecule has 2 heterocycles. The lowest BCUT2D eigenvalue weighted by Crippen LogP contribution is -2.24. The number of primary amides is 1. The van der Waals surface area contributed by atoms with E-state index in [4.69, 9.17) is 17.3 Å². The summed E-state index contributed by atoms with van der Waals surface area (Å²) < 4.78 is 1.81. The van der Waals surface area contributed by atoms with E-state index in [1.54, 1.807) is 12.1 Å². The Bertz CT molecular complexity index is 1530. The number of fused-ring (bicyclic) bond motifs is 1. The normalized spacial score (nSPS) is 11.0. The molecule has 5 aromatic rings. The molecule has 0 bridgehead atoms. The smallest absolute Gasteiger partial charge is 0.254 e. The van der Waals surface area contributed by atoms with Gasteiger partial charge in [0, 0.05) is 27.7 Å². The van der Waals surface area contributed by atoms with Crippen LogP contribution in [0.3, 0.4) is 0 Å². The first-order valence-corrected chi connectivity index (χ1v) is 10.3. The van der Waals surface area contributed by atoms with Crippen LogP contribution in [0.15, 0.2) is 89.9 Å². The number of aromatic amines is 1. The van der Waals surface area contributed by atoms with Gasteiger partial charge in [-0.15, -0.1) is 0 Å². The van der Waals surface area contributed by atoms with E-state index in [-0.39, 0.29) is 11.0 Å². The van der Waals surface area contributed by atoms with Crippen molar-refractivity contribution < 1.29 is 4.79 Å². The van der Waals surface area contributed by atoms with Crippen molar-refractivity contribution >= 4 is 28.4 Å². The average molecular weight is 441 g/mol. The summed E-state index contributed by atoms with van der Waals surface area (Å²) in [6.07, 6.45) is 1.50. The highest BCUT2D eigenvalue weighted by atomic mass is 35.5. The van der Waals surface area contributed by atoms with Gasteiger partial charge in [-0.1, -0.05) is 54.1 Å². The first-order chi connectivity index (χ1) is 15.5. The van der Waals surface area contributed by atoms with Crippen molar-refractivity contribution in [3.05, 3.63) is 106 Å². The van der Waals surface area contributed by atoms with Crippen LogP contribution in [0.5, 0.6) is 0 Å². The maximum Gasteiger partial charge on any atom is 0.254 e. The fourth-order valence-corrected chi connectivity index (χ4v) is 3.92. The third-order valence-electron chi connectivity index (χ3n) is 5.35. The Labute approximate surface area is 187 Å². The van der Waals surface area contributed by atoms with E-state index in [2.05, 4.69) is 10.2 Å². The minimum atomic E-state index is -0.765. The number of H-pyrrole nitrogens is 1. The Kier molecular flexibility index (Phi) is 4.84. The Balaban J connectivity index is 1.71. The summed E-state index contributed by atoms with van der Waals surface area (Å²) in [5, 5.41) is 8.62. The standard InChI is InChI=1S/C25H17ClN4O2/c26-16-11-9-15(10-12-16)20-13-21(29-28-20)17-5-1-3-7-22(17)30-14-19(25(27)32)24(31)18-6-2-4-8-23(18)30/h1-14H,(H2,27,32)(H,28,29). The van der Waals surface area contributed by atoms with Crippen LogP contribution in [0.2, 0.25) is 5.02 Å². The zero-order valence-corrected chi connectivity index (χ0v) is 17.5. The number of carbonyl (C=O) groups excluding carboxylic acids is 1. The summed E-state index contributed by atoms with van der Waals surface area (Å²) in [6, 6.07) is 24.2. The summed E-state index contributed by atoms with van der Waals surface area (Å²) in [5.74, 6) is -0.765. The van der Waals surface area contributed by atoms with Gasteiger partial charge in [-0.05, 0) is 36.4 Å². The number of nitrogens with one attached hydrogen (secondary N) is 1. The molecular formula is C25H17ClN4O2. The van der Waals surface area contributed by atoms with Crippen LogP contribution in [-0.2, 0) is 0 Å². The monoisotopic (exact) mass is 440 g/mol. The van der Waals surface area contributed by atoms with Crippen molar-refractivity contribution in [2.24, 2.45) is 5.73 Å². The van der Waals surface area contributed by atoms with E-state index in [1.807, 2.05) is 71.3 Å². The van der Waals surface area contributed by atoms with Crippen LogP contribution >= 0.6 is 11.6 Å². The van der Waals surface area contributed by atoms with Gasteiger partial charge in [-0.3, -0.25) is 14.7 Å². The second-order valence-corrected chi connectivity index (χ2v) is 7.75. The molecular weight excluding hydrogens is 424 g/mol. The Hall–Kier alpha value is -4.16. The maximum atomic E-state index is 12.8. The molecule has 0 saturated heterocycles. The average Bonchev–Trinajstić information content (AvgIpc) is 3.30. The lowest BCUT2D eigenvalue weighted by Gasteiger charge is -2.15. The van der Waals surface area contributed by atoms with Crippen LogP contribution in [0.4, 0.5) is 0 Å². The van der Waals surface area contributed by atoms with Crippen molar-refractivity contribution in [2.75, 3.05) is 0 Å². The SMILES string of the molecule is NC(=O)c1cn(-c2ccccc2-c2cc(-c3ccc(Cl)cc3)n[nH]2)c2ccccc2c1=O. The van der Waals surface area contributed by atoms with Gasteiger partial charge in [0.2, 0.25) is 5.43 Å². The number of benzene rings is 3. The quantitative estimate of drug-likeness (QED) is 0.420. The second-order valence-electron chi connectivity index (χ2n) is 7.31. The molecule has 0 radical (unpaired) electrons. The van der Waals surface area contributed by atoms with Gasteiger partial charge in [-0.25, -0.2) is 0 Å². The van der Waals surface area contributed by atoms with E-state index >= 15 is 0 Å². The molecule has 156 valence electrons.